The molecule has 0 spiro atoms. The molecule has 1 amide bonds. The molecule has 4 heteroatoms. The summed E-state index contributed by atoms with van der Waals surface area (Å²) >= 11 is 0. The predicted octanol–water partition coefficient (Wildman–Crippen LogP) is 0.857. The van der Waals surface area contributed by atoms with Gasteiger partial charge >= 0.3 is 0 Å². The van der Waals surface area contributed by atoms with Gasteiger partial charge in [0.25, 0.3) is 0 Å². The first-order valence-corrected chi connectivity index (χ1v) is 6.85. The molecule has 98 valence electrons. The number of likely N-dealkylation sites (tertiary alicyclic amines) is 1. The minimum atomic E-state index is -0.546. The van der Waals surface area contributed by atoms with Crippen LogP contribution in [0.3, 0.4) is 0 Å². The molecule has 1 aliphatic carbocycles. The van der Waals surface area contributed by atoms with Crippen molar-refractivity contribution in [3.63, 3.8) is 0 Å². The van der Waals surface area contributed by atoms with Crippen LogP contribution in [0.5, 0.6) is 0 Å². The summed E-state index contributed by atoms with van der Waals surface area (Å²) < 4.78 is 0. The van der Waals surface area contributed by atoms with Gasteiger partial charge in [-0.15, -0.1) is 0 Å². The summed E-state index contributed by atoms with van der Waals surface area (Å²) in [7, 11) is 0. The molecule has 0 aromatic heterocycles. The molecule has 0 aromatic carbocycles. The van der Waals surface area contributed by atoms with E-state index in [2.05, 4.69) is 24.1 Å². The Morgan fingerprint density at radius 1 is 1.35 bits per heavy atom. The third-order valence-electron chi connectivity index (χ3n) is 4.29. The second kappa shape index (κ2) is 4.94. The van der Waals surface area contributed by atoms with Gasteiger partial charge in [-0.05, 0) is 46.0 Å². The van der Waals surface area contributed by atoms with Crippen molar-refractivity contribution in [3.05, 3.63) is 0 Å². The van der Waals surface area contributed by atoms with Crippen molar-refractivity contribution in [3.8, 4) is 0 Å². The Hall–Kier alpha value is -0.610. The number of hydrogen-bond donors (Lipinski definition) is 2. The van der Waals surface area contributed by atoms with Gasteiger partial charge in [0, 0.05) is 25.2 Å². The zero-order chi connectivity index (χ0) is 12.5. The Kier molecular flexibility index (Phi) is 3.73. The number of carbonyl (C=O) groups excluding carboxylic acids is 1. The number of amides is 1. The molecule has 0 atom stereocenters. The average molecular weight is 239 g/mol. The fraction of sp³-hybridized carbons (Fsp3) is 0.923. The second-order valence-corrected chi connectivity index (χ2v) is 5.89. The third kappa shape index (κ3) is 2.80. The van der Waals surface area contributed by atoms with E-state index in [-0.39, 0.29) is 5.91 Å². The van der Waals surface area contributed by atoms with Crippen molar-refractivity contribution >= 4 is 5.91 Å². The quantitative estimate of drug-likeness (QED) is 0.768. The van der Waals surface area contributed by atoms with Gasteiger partial charge < -0.3 is 16.0 Å². The molecule has 0 radical (unpaired) electrons. The Morgan fingerprint density at radius 3 is 2.35 bits per heavy atom. The van der Waals surface area contributed by atoms with Crippen molar-refractivity contribution < 1.29 is 4.79 Å². The summed E-state index contributed by atoms with van der Waals surface area (Å²) in [5.74, 6) is 0.0757. The van der Waals surface area contributed by atoms with Crippen molar-refractivity contribution in [2.24, 2.45) is 5.73 Å². The van der Waals surface area contributed by atoms with Crippen LogP contribution in [0.1, 0.15) is 46.0 Å². The molecule has 2 fully saturated rings. The molecule has 2 aliphatic rings. The zero-order valence-corrected chi connectivity index (χ0v) is 11.0. The highest BCUT2D eigenvalue weighted by atomic mass is 16.2. The van der Waals surface area contributed by atoms with Crippen molar-refractivity contribution in [1.29, 1.82) is 0 Å². The van der Waals surface area contributed by atoms with Crippen molar-refractivity contribution in [1.82, 2.24) is 10.2 Å². The van der Waals surface area contributed by atoms with Crippen LogP contribution in [0.25, 0.3) is 0 Å². The Balaban J connectivity index is 1.76. The number of carbonyl (C=O) groups is 1. The summed E-state index contributed by atoms with van der Waals surface area (Å²) in [4.78, 5) is 14.4. The normalized spacial score (nSPS) is 25.6. The summed E-state index contributed by atoms with van der Waals surface area (Å²) in [5.41, 5.74) is 5.47. The zero-order valence-electron chi connectivity index (χ0n) is 11.0. The lowest BCUT2D eigenvalue weighted by Crippen LogP contribution is -2.61. The van der Waals surface area contributed by atoms with E-state index < -0.39 is 5.54 Å². The van der Waals surface area contributed by atoms with Crippen LogP contribution in [-0.4, -0.2) is 41.5 Å². The summed E-state index contributed by atoms with van der Waals surface area (Å²) in [5, 5.41) is 3.13. The first kappa shape index (κ1) is 12.8. The SMILES string of the molecule is CC(C)N1CCC(NC(=O)C2(N)CCC2)CC1. The van der Waals surface area contributed by atoms with E-state index in [1.807, 2.05) is 0 Å². The van der Waals surface area contributed by atoms with Crippen molar-refractivity contribution in [2.45, 2.75) is 63.6 Å². The third-order valence-corrected chi connectivity index (χ3v) is 4.29. The van der Waals surface area contributed by atoms with Crippen LogP contribution in [0.2, 0.25) is 0 Å². The molecular weight excluding hydrogens is 214 g/mol. The molecule has 17 heavy (non-hydrogen) atoms. The highest BCUT2D eigenvalue weighted by Crippen LogP contribution is 2.29. The second-order valence-electron chi connectivity index (χ2n) is 5.89. The van der Waals surface area contributed by atoms with Crippen LogP contribution in [-0.2, 0) is 4.79 Å². The number of rotatable bonds is 3. The molecule has 1 heterocycles. The summed E-state index contributed by atoms with van der Waals surface area (Å²) in [6.07, 6.45) is 4.91. The minimum Gasteiger partial charge on any atom is -0.352 e. The fourth-order valence-corrected chi connectivity index (χ4v) is 2.67. The Bertz CT molecular complexity index is 278. The first-order chi connectivity index (χ1) is 8.01. The van der Waals surface area contributed by atoms with E-state index in [0.29, 0.717) is 12.1 Å². The van der Waals surface area contributed by atoms with Gasteiger partial charge in [0.05, 0.1) is 5.54 Å². The maximum absolute atomic E-state index is 12.0. The van der Waals surface area contributed by atoms with Crippen molar-refractivity contribution in [2.75, 3.05) is 13.1 Å². The number of hydrogen-bond acceptors (Lipinski definition) is 3. The van der Waals surface area contributed by atoms with E-state index >= 15 is 0 Å². The van der Waals surface area contributed by atoms with E-state index in [4.69, 9.17) is 5.73 Å². The lowest BCUT2D eigenvalue weighted by molar-refractivity contribution is -0.130. The Labute approximate surface area is 104 Å². The molecule has 3 N–H and O–H groups in total. The topological polar surface area (TPSA) is 58.4 Å². The maximum Gasteiger partial charge on any atom is 0.240 e. The van der Waals surface area contributed by atoms with Crippen LogP contribution in [0.4, 0.5) is 0 Å². The number of nitrogens with zero attached hydrogens (tertiary/aromatic N) is 1. The smallest absolute Gasteiger partial charge is 0.240 e. The van der Waals surface area contributed by atoms with Crippen LogP contribution >= 0.6 is 0 Å². The van der Waals surface area contributed by atoms with Gasteiger partial charge in [-0.2, -0.15) is 0 Å². The maximum atomic E-state index is 12.0. The summed E-state index contributed by atoms with van der Waals surface area (Å²) in [6.45, 7) is 6.62. The largest absolute Gasteiger partial charge is 0.352 e. The number of nitrogens with one attached hydrogen (secondary N) is 1. The highest BCUT2D eigenvalue weighted by Gasteiger charge is 2.40. The van der Waals surface area contributed by atoms with E-state index in [1.54, 1.807) is 0 Å². The van der Waals surface area contributed by atoms with Crippen LogP contribution in [0, 0.1) is 0 Å². The number of nitrogens with two attached hydrogens (primary N) is 1. The van der Waals surface area contributed by atoms with E-state index in [0.717, 1.165) is 45.2 Å². The van der Waals surface area contributed by atoms with Crippen LogP contribution in [0.15, 0.2) is 0 Å². The minimum absolute atomic E-state index is 0.0757. The standard InChI is InChI=1S/C13H25N3O/c1-10(2)16-8-4-11(5-9-16)15-12(17)13(14)6-3-7-13/h10-11H,3-9,14H2,1-2H3,(H,15,17). The molecule has 0 bridgehead atoms. The first-order valence-electron chi connectivity index (χ1n) is 6.85. The lowest BCUT2D eigenvalue weighted by Gasteiger charge is -2.40. The average Bonchev–Trinajstić information content (AvgIpc) is 2.26. The van der Waals surface area contributed by atoms with Gasteiger partial charge in [0.15, 0.2) is 0 Å². The predicted molar refractivity (Wildman–Crippen MR) is 68.6 cm³/mol. The van der Waals surface area contributed by atoms with Gasteiger partial charge in [-0.1, -0.05) is 0 Å². The molecule has 4 nitrogen and oxygen atoms in total. The molecule has 0 unspecified atom stereocenters. The number of piperidine rings is 1. The molecule has 1 aliphatic heterocycles. The van der Waals surface area contributed by atoms with Gasteiger partial charge in [-0.25, -0.2) is 0 Å². The summed E-state index contributed by atoms with van der Waals surface area (Å²) in [6, 6.07) is 0.942. The van der Waals surface area contributed by atoms with E-state index in [9.17, 15) is 4.79 Å². The van der Waals surface area contributed by atoms with Gasteiger partial charge in [-0.3, -0.25) is 4.79 Å². The van der Waals surface area contributed by atoms with Gasteiger partial charge in [0.2, 0.25) is 5.91 Å². The molecular formula is C13H25N3O. The molecule has 1 saturated carbocycles. The molecule has 1 saturated heterocycles. The fourth-order valence-electron chi connectivity index (χ4n) is 2.67. The Morgan fingerprint density at radius 2 is 1.94 bits per heavy atom. The monoisotopic (exact) mass is 239 g/mol. The molecule has 0 aromatic rings. The molecule has 2 rings (SSSR count). The van der Waals surface area contributed by atoms with Crippen LogP contribution < -0.4 is 11.1 Å². The highest BCUT2D eigenvalue weighted by molar-refractivity contribution is 5.87. The lowest BCUT2D eigenvalue weighted by atomic mass is 9.77. The van der Waals surface area contributed by atoms with E-state index in [1.165, 1.54) is 0 Å². The van der Waals surface area contributed by atoms with Gasteiger partial charge in [0.1, 0.15) is 0 Å².